The van der Waals surface area contributed by atoms with E-state index >= 15 is 0 Å². The molecule has 0 fully saturated rings. The Balaban J connectivity index is 2.07. The Hall–Kier alpha value is -2.29. The van der Waals surface area contributed by atoms with Crippen LogP contribution in [0.5, 0.6) is 5.75 Å². The molecule has 0 saturated heterocycles. The second kappa shape index (κ2) is 5.24. The molecule has 2 aromatic carbocycles. The molecule has 3 heteroatoms. The molecule has 21 heavy (non-hydrogen) atoms. The van der Waals surface area contributed by atoms with Gasteiger partial charge < -0.3 is 10.0 Å². The van der Waals surface area contributed by atoms with Crippen molar-refractivity contribution in [1.82, 2.24) is 0 Å². The van der Waals surface area contributed by atoms with Crippen LogP contribution in [0.15, 0.2) is 42.5 Å². The maximum atomic E-state index is 12.9. The van der Waals surface area contributed by atoms with Crippen LogP contribution in [0.25, 0.3) is 0 Å². The summed E-state index contributed by atoms with van der Waals surface area (Å²) in [6.45, 7) is 3.98. The van der Waals surface area contributed by atoms with Crippen LogP contribution in [-0.4, -0.2) is 17.1 Å². The van der Waals surface area contributed by atoms with Gasteiger partial charge in [-0.25, -0.2) is 0 Å². The van der Waals surface area contributed by atoms with Crippen molar-refractivity contribution in [1.29, 1.82) is 0 Å². The Labute approximate surface area is 124 Å². The average Bonchev–Trinajstić information content (AvgIpc) is 2.49. The first kappa shape index (κ1) is 13.7. The Morgan fingerprint density at radius 3 is 2.81 bits per heavy atom. The molecule has 1 atom stereocenters. The number of carbonyl (C=O) groups excluding carboxylic acids is 1. The third-order valence-electron chi connectivity index (χ3n) is 4.12. The van der Waals surface area contributed by atoms with Gasteiger partial charge in [-0.3, -0.25) is 4.79 Å². The highest BCUT2D eigenvalue weighted by Crippen LogP contribution is 2.33. The Morgan fingerprint density at radius 1 is 1.24 bits per heavy atom. The molecule has 0 spiro atoms. The number of amides is 1. The minimum absolute atomic E-state index is 0.0425. The Kier molecular flexibility index (Phi) is 3.42. The van der Waals surface area contributed by atoms with Crippen molar-refractivity contribution < 1.29 is 9.90 Å². The highest BCUT2D eigenvalue weighted by Gasteiger charge is 2.29. The molecule has 1 N–H and O–H groups in total. The molecule has 0 aliphatic carbocycles. The third kappa shape index (κ3) is 2.40. The minimum atomic E-state index is -0.129. The summed E-state index contributed by atoms with van der Waals surface area (Å²) in [6.07, 6.45) is 1.93. The lowest BCUT2D eigenvalue weighted by atomic mass is 9.95. The summed E-state index contributed by atoms with van der Waals surface area (Å²) in [6, 6.07) is 13.3. The number of hydrogen-bond donors (Lipinski definition) is 1. The second-order valence-electron chi connectivity index (χ2n) is 5.71. The van der Waals surface area contributed by atoms with E-state index in [0.717, 1.165) is 24.1 Å². The van der Waals surface area contributed by atoms with Gasteiger partial charge in [0.2, 0.25) is 0 Å². The zero-order chi connectivity index (χ0) is 15.0. The van der Waals surface area contributed by atoms with Crippen LogP contribution in [0.3, 0.4) is 0 Å². The minimum Gasteiger partial charge on any atom is -0.507 e. The van der Waals surface area contributed by atoms with Crippen molar-refractivity contribution in [3.63, 3.8) is 0 Å². The van der Waals surface area contributed by atoms with E-state index in [4.69, 9.17) is 0 Å². The van der Waals surface area contributed by atoms with Crippen molar-refractivity contribution in [3.8, 4) is 5.75 Å². The summed E-state index contributed by atoms with van der Waals surface area (Å²) in [5.74, 6) is -0.0864. The lowest BCUT2D eigenvalue weighted by Gasteiger charge is -2.35. The summed E-state index contributed by atoms with van der Waals surface area (Å²) in [4.78, 5) is 14.7. The molecule has 2 aromatic rings. The molecule has 1 heterocycles. The number of aromatic hydroxyl groups is 1. The van der Waals surface area contributed by atoms with Gasteiger partial charge in [0.1, 0.15) is 5.75 Å². The normalized spacial score (nSPS) is 17.4. The molecule has 108 valence electrons. The van der Waals surface area contributed by atoms with E-state index in [9.17, 15) is 9.90 Å². The van der Waals surface area contributed by atoms with Gasteiger partial charge in [0.05, 0.1) is 5.56 Å². The van der Waals surface area contributed by atoms with Crippen molar-refractivity contribution in [2.45, 2.75) is 32.7 Å². The third-order valence-corrected chi connectivity index (χ3v) is 4.12. The number of aryl methyl sites for hydroxylation is 2. The lowest BCUT2D eigenvalue weighted by molar-refractivity contribution is 0.0972. The number of carbonyl (C=O) groups is 1. The Morgan fingerprint density at radius 2 is 2.00 bits per heavy atom. The van der Waals surface area contributed by atoms with Crippen LogP contribution in [0.1, 0.15) is 34.8 Å². The van der Waals surface area contributed by atoms with Gasteiger partial charge in [-0.2, -0.15) is 0 Å². The number of phenols is 1. The van der Waals surface area contributed by atoms with E-state index in [1.807, 2.05) is 30.0 Å². The van der Waals surface area contributed by atoms with Crippen LogP contribution in [0, 0.1) is 6.92 Å². The topological polar surface area (TPSA) is 40.5 Å². The first-order valence-corrected chi connectivity index (χ1v) is 7.29. The summed E-state index contributed by atoms with van der Waals surface area (Å²) in [5, 5.41) is 10.0. The van der Waals surface area contributed by atoms with Crippen molar-refractivity contribution in [2.75, 3.05) is 4.90 Å². The molecule has 0 aromatic heterocycles. The van der Waals surface area contributed by atoms with Crippen LogP contribution in [0.4, 0.5) is 5.69 Å². The predicted octanol–water partition coefficient (Wildman–Crippen LogP) is 3.68. The van der Waals surface area contributed by atoms with Crippen LogP contribution in [-0.2, 0) is 6.42 Å². The smallest absolute Gasteiger partial charge is 0.262 e. The maximum absolute atomic E-state index is 12.9. The van der Waals surface area contributed by atoms with Crippen LogP contribution < -0.4 is 4.90 Å². The highest BCUT2D eigenvalue weighted by molar-refractivity contribution is 6.08. The van der Waals surface area contributed by atoms with Gasteiger partial charge >= 0.3 is 0 Å². The second-order valence-corrected chi connectivity index (χ2v) is 5.71. The van der Waals surface area contributed by atoms with E-state index in [1.54, 1.807) is 18.2 Å². The van der Waals surface area contributed by atoms with Gasteiger partial charge in [-0.15, -0.1) is 0 Å². The van der Waals surface area contributed by atoms with Gasteiger partial charge in [-0.1, -0.05) is 29.8 Å². The Bertz CT molecular complexity index is 693. The summed E-state index contributed by atoms with van der Waals surface area (Å²) < 4.78 is 0. The molecular formula is C18H19NO2. The van der Waals surface area contributed by atoms with E-state index in [2.05, 4.69) is 13.0 Å². The SMILES string of the molecule is Cc1ccc(O)c(C(=O)N2c3ccccc3CCC2C)c1. The van der Waals surface area contributed by atoms with E-state index in [0.29, 0.717) is 5.56 Å². The van der Waals surface area contributed by atoms with Crippen molar-refractivity contribution in [3.05, 3.63) is 59.2 Å². The first-order valence-electron chi connectivity index (χ1n) is 7.29. The largest absolute Gasteiger partial charge is 0.507 e. The number of benzene rings is 2. The van der Waals surface area contributed by atoms with E-state index in [-0.39, 0.29) is 17.7 Å². The summed E-state index contributed by atoms with van der Waals surface area (Å²) in [7, 11) is 0. The maximum Gasteiger partial charge on any atom is 0.262 e. The zero-order valence-corrected chi connectivity index (χ0v) is 12.3. The molecule has 0 radical (unpaired) electrons. The standard InChI is InChI=1S/C18H19NO2/c1-12-7-10-17(20)15(11-12)18(21)19-13(2)8-9-14-5-3-4-6-16(14)19/h3-7,10-11,13,20H,8-9H2,1-2H3. The van der Waals surface area contributed by atoms with Crippen molar-refractivity contribution >= 4 is 11.6 Å². The molecule has 1 aliphatic heterocycles. The monoisotopic (exact) mass is 281 g/mol. The fraction of sp³-hybridized carbons (Fsp3) is 0.278. The number of para-hydroxylation sites is 1. The quantitative estimate of drug-likeness (QED) is 0.866. The molecular weight excluding hydrogens is 262 g/mol. The number of rotatable bonds is 1. The fourth-order valence-corrected chi connectivity index (χ4v) is 2.95. The predicted molar refractivity (Wildman–Crippen MR) is 83.9 cm³/mol. The summed E-state index contributed by atoms with van der Waals surface area (Å²) in [5.41, 5.74) is 3.49. The lowest BCUT2D eigenvalue weighted by Crippen LogP contribution is -2.42. The molecule has 1 amide bonds. The van der Waals surface area contributed by atoms with Gasteiger partial charge in [0.25, 0.3) is 5.91 Å². The van der Waals surface area contributed by atoms with E-state index < -0.39 is 0 Å². The van der Waals surface area contributed by atoms with Crippen LogP contribution >= 0.6 is 0 Å². The number of fused-ring (bicyclic) bond motifs is 1. The molecule has 1 unspecified atom stereocenters. The van der Waals surface area contributed by atoms with Gasteiger partial charge in [-0.05, 0) is 50.5 Å². The number of phenolic OH excluding ortho intramolecular Hbond substituents is 1. The average molecular weight is 281 g/mol. The zero-order valence-electron chi connectivity index (χ0n) is 12.3. The number of hydrogen-bond acceptors (Lipinski definition) is 2. The van der Waals surface area contributed by atoms with Crippen LogP contribution in [0.2, 0.25) is 0 Å². The van der Waals surface area contributed by atoms with Gasteiger partial charge in [0.15, 0.2) is 0 Å². The van der Waals surface area contributed by atoms with Gasteiger partial charge in [0, 0.05) is 11.7 Å². The molecule has 0 saturated carbocycles. The van der Waals surface area contributed by atoms with E-state index in [1.165, 1.54) is 5.56 Å². The van der Waals surface area contributed by atoms with Crippen molar-refractivity contribution in [2.24, 2.45) is 0 Å². The first-order chi connectivity index (χ1) is 10.1. The fourth-order valence-electron chi connectivity index (χ4n) is 2.95. The molecule has 0 bridgehead atoms. The molecule has 3 rings (SSSR count). The molecule has 3 nitrogen and oxygen atoms in total. The molecule has 1 aliphatic rings. The number of anilines is 1. The number of nitrogens with zero attached hydrogens (tertiary/aromatic N) is 1. The summed E-state index contributed by atoms with van der Waals surface area (Å²) >= 11 is 0. The highest BCUT2D eigenvalue weighted by atomic mass is 16.3.